The lowest BCUT2D eigenvalue weighted by molar-refractivity contribution is -0.231. The second kappa shape index (κ2) is 10.0. The molecular formula is C18H36O6. The van der Waals surface area contributed by atoms with Gasteiger partial charge in [0.1, 0.15) is 17.8 Å². The van der Waals surface area contributed by atoms with Crippen LogP contribution in [-0.2, 0) is 18.9 Å². The summed E-state index contributed by atoms with van der Waals surface area (Å²) in [5, 5.41) is 20.4. The maximum absolute atomic E-state index is 10.4. The van der Waals surface area contributed by atoms with E-state index in [1.54, 1.807) is 20.8 Å². The Balaban J connectivity index is 2.86. The molecular weight excluding hydrogens is 312 g/mol. The van der Waals surface area contributed by atoms with Crippen molar-refractivity contribution >= 4 is 0 Å². The highest BCUT2D eigenvalue weighted by atomic mass is 16.7. The lowest BCUT2D eigenvalue weighted by Gasteiger charge is -2.38. The summed E-state index contributed by atoms with van der Waals surface area (Å²) in [6.07, 6.45) is 2.21. The molecule has 1 aliphatic rings. The Labute approximate surface area is 146 Å². The molecule has 0 aromatic heterocycles. The van der Waals surface area contributed by atoms with E-state index in [1.165, 1.54) is 0 Å². The predicted molar refractivity (Wildman–Crippen MR) is 91.9 cm³/mol. The van der Waals surface area contributed by atoms with Gasteiger partial charge in [-0.2, -0.15) is 0 Å². The number of hydrogen-bond acceptors (Lipinski definition) is 6. The van der Waals surface area contributed by atoms with Crippen molar-refractivity contribution in [3.8, 4) is 0 Å². The molecule has 0 aromatic rings. The zero-order chi connectivity index (χ0) is 18.2. The van der Waals surface area contributed by atoms with Crippen molar-refractivity contribution in [1.82, 2.24) is 0 Å². The van der Waals surface area contributed by atoms with E-state index in [-0.39, 0.29) is 13.2 Å². The van der Waals surface area contributed by atoms with Gasteiger partial charge in [-0.15, -0.1) is 0 Å². The van der Waals surface area contributed by atoms with Crippen LogP contribution < -0.4 is 0 Å². The molecule has 0 amide bonds. The van der Waals surface area contributed by atoms with Crippen molar-refractivity contribution in [3.05, 3.63) is 0 Å². The Kier molecular flexibility index (Phi) is 9.12. The van der Waals surface area contributed by atoms with Crippen LogP contribution in [0.2, 0.25) is 0 Å². The molecule has 6 nitrogen and oxygen atoms in total. The second-order valence-electron chi connectivity index (χ2n) is 7.10. The largest absolute Gasteiger partial charge is 0.390 e. The Morgan fingerprint density at radius 2 is 1.83 bits per heavy atom. The Morgan fingerprint density at radius 1 is 1.21 bits per heavy atom. The molecule has 0 spiro atoms. The normalized spacial score (nSPS) is 29.1. The van der Waals surface area contributed by atoms with E-state index < -0.39 is 29.7 Å². The maximum atomic E-state index is 10.4. The summed E-state index contributed by atoms with van der Waals surface area (Å²) in [6.45, 7) is 10.7. The van der Waals surface area contributed by atoms with Gasteiger partial charge in [0, 0.05) is 13.2 Å². The number of aliphatic hydroxyl groups excluding tert-OH is 1. The molecule has 0 aliphatic carbocycles. The number of ether oxygens (including phenoxy) is 4. The topological polar surface area (TPSA) is 77.4 Å². The minimum absolute atomic E-state index is 0.243. The fourth-order valence-electron chi connectivity index (χ4n) is 2.87. The van der Waals surface area contributed by atoms with Crippen molar-refractivity contribution in [2.75, 3.05) is 26.4 Å². The van der Waals surface area contributed by atoms with E-state index in [9.17, 15) is 10.2 Å². The lowest BCUT2D eigenvalue weighted by Crippen LogP contribution is -2.56. The summed E-state index contributed by atoms with van der Waals surface area (Å²) < 4.78 is 23.5. The zero-order valence-corrected chi connectivity index (χ0v) is 15.9. The molecule has 1 saturated heterocycles. The third kappa shape index (κ3) is 6.24. The highest BCUT2D eigenvalue weighted by molar-refractivity contribution is 5.03. The van der Waals surface area contributed by atoms with E-state index >= 15 is 0 Å². The molecule has 4 atom stereocenters. The highest BCUT2D eigenvalue weighted by Crippen LogP contribution is 2.36. The second-order valence-corrected chi connectivity index (χ2v) is 7.10. The third-order valence-corrected chi connectivity index (χ3v) is 4.25. The average molecular weight is 348 g/mol. The van der Waals surface area contributed by atoms with Crippen LogP contribution in [-0.4, -0.2) is 66.3 Å². The van der Waals surface area contributed by atoms with Crippen LogP contribution in [0, 0.1) is 0 Å². The summed E-state index contributed by atoms with van der Waals surface area (Å²) in [5.74, 6) is -1.29. The molecule has 1 heterocycles. The van der Waals surface area contributed by atoms with E-state index in [2.05, 4.69) is 13.8 Å². The van der Waals surface area contributed by atoms with Gasteiger partial charge in [-0.25, -0.2) is 0 Å². The standard InChI is InChI=1S/C18H36O6/c1-6-8-10-21-13-18(14(3)19)16(22-11-9-7-2)15(12-23-18)24-17(4,5)20/h14-16,19-20H,6-13H2,1-5H3/t14?,15-,16?,18+/m1/s1. The van der Waals surface area contributed by atoms with E-state index in [1.807, 2.05) is 0 Å². The number of rotatable bonds is 12. The summed E-state index contributed by atoms with van der Waals surface area (Å²) in [4.78, 5) is 0. The van der Waals surface area contributed by atoms with Gasteiger partial charge in [0.25, 0.3) is 0 Å². The molecule has 2 unspecified atom stereocenters. The van der Waals surface area contributed by atoms with Crippen LogP contribution in [0.25, 0.3) is 0 Å². The summed E-state index contributed by atoms with van der Waals surface area (Å²) >= 11 is 0. The van der Waals surface area contributed by atoms with Gasteiger partial charge in [0.15, 0.2) is 5.79 Å². The molecule has 1 rings (SSSR count). The van der Waals surface area contributed by atoms with E-state index in [4.69, 9.17) is 18.9 Å². The minimum atomic E-state index is -1.29. The lowest BCUT2D eigenvalue weighted by atomic mass is 9.90. The molecule has 6 heteroatoms. The average Bonchev–Trinajstić information content (AvgIpc) is 2.82. The number of aliphatic hydroxyl groups is 2. The van der Waals surface area contributed by atoms with Crippen molar-refractivity contribution in [2.45, 2.75) is 90.0 Å². The summed E-state index contributed by atoms with van der Waals surface area (Å²) in [6, 6.07) is 0. The Bertz CT molecular complexity index is 341. The molecule has 1 fully saturated rings. The van der Waals surface area contributed by atoms with Crippen molar-refractivity contribution < 1.29 is 29.2 Å². The molecule has 2 N–H and O–H groups in total. The Hall–Kier alpha value is -0.240. The van der Waals surface area contributed by atoms with Crippen molar-refractivity contribution in [2.24, 2.45) is 0 Å². The molecule has 24 heavy (non-hydrogen) atoms. The monoisotopic (exact) mass is 348 g/mol. The van der Waals surface area contributed by atoms with Gasteiger partial charge in [-0.05, 0) is 33.6 Å². The third-order valence-electron chi connectivity index (χ3n) is 4.25. The van der Waals surface area contributed by atoms with Crippen LogP contribution in [0.3, 0.4) is 0 Å². The number of unbranched alkanes of at least 4 members (excludes halogenated alkanes) is 2. The van der Waals surface area contributed by atoms with Gasteiger partial charge >= 0.3 is 0 Å². The highest BCUT2D eigenvalue weighted by Gasteiger charge is 2.55. The van der Waals surface area contributed by atoms with E-state index in [0.717, 1.165) is 25.7 Å². The maximum Gasteiger partial charge on any atom is 0.160 e. The first-order chi connectivity index (χ1) is 11.3. The molecule has 1 aliphatic heterocycles. The van der Waals surface area contributed by atoms with Crippen molar-refractivity contribution in [1.29, 1.82) is 0 Å². The fraction of sp³-hybridized carbons (Fsp3) is 1.00. The first-order valence-electron chi connectivity index (χ1n) is 9.18. The minimum Gasteiger partial charge on any atom is -0.390 e. The molecule has 144 valence electrons. The van der Waals surface area contributed by atoms with E-state index in [0.29, 0.717) is 13.2 Å². The fourth-order valence-corrected chi connectivity index (χ4v) is 2.87. The Morgan fingerprint density at radius 3 is 2.38 bits per heavy atom. The summed E-state index contributed by atoms with van der Waals surface area (Å²) in [5.41, 5.74) is -0.975. The van der Waals surface area contributed by atoms with Crippen LogP contribution in [0.4, 0.5) is 0 Å². The van der Waals surface area contributed by atoms with Gasteiger partial charge in [0.2, 0.25) is 0 Å². The van der Waals surface area contributed by atoms with Gasteiger partial charge < -0.3 is 29.2 Å². The molecule has 0 bridgehead atoms. The van der Waals surface area contributed by atoms with Crippen molar-refractivity contribution in [3.63, 3.8) is 0 Å². The van der Waals surface area contributed by atoms with Crippen LogP contribution >= 0.6 is 0 Å². The smallest absolute Gasteiger partial charge is 0.160 e. The quantitative estimate of drug-likeness (QED) is 0.416. The first-order valence-corrected chi connectivity index (χ1v) is 9.18. The summed E-state index contributed by atoms with van der Waals surface area (Å²) in [7, 11) is 0. The zero-order valence-electron chi connectivity index (χ0n) is 15.9. The molecule has 0 aromatic carbocycles. The van der Waals surface area contributed by atoms with Gasteiger partial charge in [0.05, 0.1) is 19.3 Å². The molecule has 0 saturated carbocycles. The van der Waals surface area contributed by atoms with Crippen LogP contribution in [0.15, 0.2) is 0 Å². The predicted octanol–water partition coefficient (Wildman–Crippen LogP) is 2.25. The number of hydrogen-bond donors (Lipinski definition) is 2. The SMILES string of the molecule is CCCCOC[C@@]1(C(C)O)OC[C@@H](OC(C)(C)O)C1OCCCC. The van der Waals surface area contributed by atoms with Crippen LogP contribution in [0.5, 0.6) is 0 Å². The molecule has 0 radical (unpaired) electrons. The first kappa shape index (κ1) is 21.8. The van der Waals surface area contributed by atoms with Crippen LogP contribution in [0.1, 0.15) is 60.3 Å². The van der Waals surface area contributed by atoms with Gasteiger partial charge in [-0.1, -0.05) is 26.7 Å². The van der Waals surface area contributed by atoms with Gasteiger partial charge in [-0.3, -0.25) is 0 Å².